The average molecular weight is 286 g/mol. The molecular weight excluding hydrogens is 264 g/mol. The standard InChI is InChI=1S/C13H22O5Si/c1-12(2,3)19(6,7)18-10(14)8-9-11(15)17-13(4,5)16-9/h8H,1-7H3/b9-8+. The third-order valence-corrected chi connectivity index (χ3v) is 7.63. The van der Waals surface area contributed by atoms with Gasteiger partial charge in [0, 0.05) is 13.8 Å². The Morgan fingerprint density at radius 1 is 1.26 bits per heavy atom. The Balaban J connectivity index is 2.79. The average Bonchev–Trinajstić information content (AvgIpc) is 2.35. The second-order valence-corrected chi connectivity index (χ2v) is 11.3. The van der Waals surface area contributed by atoms with Gasteiger partial charge < -0.3 is 13.9 Å². The summed E-state index contributed by atoms with van der Waals surface area (Å²) in [6.07, 6.45) is 1.07. The van der Waals surface area contributed by atoms with Crippen LogP contribution in [-0.4, -0.2) is 26.0 Å². The fourth-order valence-corrected chi connectivity index (χ4v) is 2.10. The molecule has 0 amide bonds. The summed E-state index contributed by atoms with van der Waals surface area (Å²) >= 11 is 0. The molecule has 0 bridgehead atoms. The van der Waals surface area contributed by atoms with Crippen molar-refractivity contribution in [1.29, 1.82) is 0 Å². The van der Waals surface area contributed by atoms with Crippen molar-refractivity contribution in [2.75, 3.05) is 0 Å². The fourth-order valence-electron chi connectivity index (χ4n) is 1.23. The van der Waals surface area contributed by atoms with E-state index < -0.39 is 26.0 Å². The summed E-state index contributed by atoms with van der Waals surface area (Å²) in [4.78, 5) is 23.3. The molecule has 1 heterocycles. The number of rotatable bonds is 2. The van der Waals surface area contributed by atoms with Crippen molar-refractivity contribution >= 4 is 20.3 Å². The van der Waals surface area contributed by atoms with Gasteiger partial charge in [0.05, 0.1) is 6.08 Å². The molecule has 0 atom stereocenters. The summed E-state index contributed by atoms with van der Waals surface area (Å²) in [5.74, 6) is -2.33. The maximum absolute atomic E-state index is 11.9. The van der Waals surface area contributed by atoms with Crippen molar-refractivity contribution in [2.45, 2.75) is 58.5 Å². The molecule has 0 N–H and O–H groups in total. The van der Waals surface area contributed by atoms with Gasteiger partial charge in [-0.15, -0.1) is 0 Å². The molecule has 1 aliphatic heterocycles. The molecule has 1 aliphatic rings. The SMILES string of the molecule is CC1(C)OC(=O)/C(=C\C(=O)O[Si](C)(C)C(C)(C)C)O1. The minimum Gasteiger partial charge on any atom is -0.516 e. The summed E-state index contributed by atoms with van der Waals surface area (Å²) < 4.78 is 15.7. The fraction of sp³-hybridized carbons (Fsp3) is 0.692. The zero-order chi connectivity index (χ0) is 15.1. The lowest BCUT2D eigenvalue weighted by Crippen LogP contribution is -2.42. The Morgan fingerprint density at radius 3 is 2.16 bits per heavy atom. The number of ether oxygens (including phenoxy) is 2. The highest BCUT2D eigenvalue weighted by Crippen LogP contribution is 2.36. The van der Waals surface area contributed by atoms with Gasteiger partial charge in [-0.3, -0.25) is 0 Å². The van der Waals surface area contributed by atoms with Crippen LogP contribution in [0.15, 0.2) is 11.8 Å². The predicted molar refractivity (Wildman–Crippen MR) is 72.6 cm³/mol. The van der Waals surface area contributed by atoms with Gasteiger partial charge in [-0.05, 0) is 18.1 Å². The Bertz CT molecular complexity index is 429. The van der Waals surface area contributed by atoms with Crippen LogP contribution in [0, 0.1) is 0 Å². The summed E-state index contributed by atoms with van der Waals surface area (Å²) in [5.41, 5.74) is 0. The Kier molecular flexibility index (Phi) is 3.87. The van der Waals surface area contributed by atoms with E-state index in [1.54, 1.807) is 13.8 Å². The summed E-state index contributed by atoms with van der Waals surface area (Å²) in [7, 11) is -2.20. The highest BCUT2D eigenvalue weighted by atomic mass is 28.4. The molecule has 0 unspecified atom stereocenters. The van der Waals surface area contributed by atoms with Crippen LogP contribution in [0.5, 0.6) is 0 Å². The van der Waals surface area contributed by atoms with E-state index in [0.29, 0.717) is 0 Å². The van der Waals surface area contributed by atoms with Gasteiger partial charge in [0.2, 0.25) is 11.5 Å². The second kappa shape index (κ2) is 4.66. The number of cyclic esters (lactones) is 1. The van der Waals surface area contributed by atoms with Crippen LogP contribution < -0.4 is 0 Å². The molecule has 0 aromatic rings. The molecule has 0 aliphatic carbocycles. The minimum atomic E-state index is -2.20. The van der Waals surface area contributed by atoms with Crippen LogP contribution >= 0.6 is 0 Å². The van der Waals surface area contributed by atoms with Crippen molar-refractivity contribution in [1.82, 2.24) is 0 Å². The monoisotopic (exact) mass is 286 g/mol. The molecule has 1 saturated heterocycles. The first-order valence-electron chi connectivity index (χ1n) is 6.21. The second-order valence-electron chi connectivity index (χ2n) is 6.58. The molecule has 0 aromatic heterocycles. The van der Waals surface area contributed by atoms with E-state index in [0.717, 1.165) is 6.08 Å². The normalized spacial score (nSPS) is 21.0. The van der Waals surface area contributed by atoms with Gasteiger partial charge in [-0.1, -0.05) is 20.8 Å². The van der Waals surface area contributed by atoms with E-state index in [1.165, 1.54) is 0 Å². The van der Waals surface area contributed by atoms with Crippen LogP contribution in [-0.2, 0) is 23.5 Å². The summed E-state index contributed by atoms with van der Waals surface area (Å²) in [6.45, 7) is 13.2. The zero-order valence-electron chi connectivity index (χ0n) is 12.6. The number of hydrogen-bond acceptors (Lipinski definition) is 5. The van der Waals surface area contributed by atoms with E-state index in [1.807, 2.05) is 33.9 Å². The first-order valence-corrected chi connectivity index (χ1v) is 9.12. The molecule has 0 aromatic carbocycles. The van der Waals surface area contributed by atoms with Crippen molar-refractivity contribution < 1.29 is 23.5 Å². The lowest BCUT2D eigenvalue weighted by molar-refractivity contribution is -0.159. The summed E-state index contributed by atoms with van der Waals surface area (Å²) in [5, 5.41) is -0.0858. The van der Waals surface area contributed by atoms with E-state index in [9.17, 15) is 9.59 Å². The van der Waals surface area contributed by atoms with Gasteiger partial charge in [0.25, 0.3) is 8.32 Å². The highest BCUT2D eigenvalue weighted by Gasteiger charge is 2.41. The van der Waals surface area contributed by atoms with E-state index >= 15 is 0 Å². The zero-order valence-corrected chi connectivity index (χ0v) is 13.6. The first-order chi connectivity index (χ1) is 8.34. The van der Waals surface area contributed by atoms with Crippen molar-refractivity contribution in [3.63, 3.8) is 0 Å². The van der Waals surface area contributed by atoms with Gasteiger partial charge >= 0.3 is 11.9 Å². The van der Waals surface area contributed by atoms with E-state index in [2.05, 4.69) is 0 Å². The van der Waals surface area contributed by atoms with E-state index in [-0.39, 0.29) is 10.8 Å². The third-order valence-electron chi connectivity index (χ3n) is 3.31. The largest absolute Gasteiger partial charge is 0.516 e. The van der Waals surface area contributed by atoms with Crippen LogP contribution in [0.25, 0.3) is 0 Å². The molecule has 108 valence electrons. The van der Waals surface area contributed by atoms with Crippen LogP contribution in [0.3, 0.4) is 0 Å². The highest BCUT2D eigenvalue weighted by molar-refractivity contribution is 6.75. The molecule has 0 spiro atoms. The van der Waals surface area contributed by atoms with Crippen molar-refractivity contribution in [3.05, 3.63) is 11.8 Å². The topological polar surface area (TPSA) is 61.8 Å². The smallest absolute Gasteiger partial charge is 0.377 e. The molecule has 19 heavy (non-hydrogen) atoms. The maximum atomic E-state index is 11.9. The van der Waals surface area contributed by atoms with Crippen LogP contribution in [0.2, 0.25) is 18.1 Å². The van der Waals surface area contributed by atoms with E-state index in [4.69, 9.17) is 13.9 Å². The number of hydrogen-bond donors (Lipinski definition) is 0. The van der Waals surface area contributed by atoms with Gasteiger partial charge in [0.1, 0.15) is 0 Å². The quantitative estimate of drug-likeness (QED) is 0.444. The first kappa shape index (κ1) is 15.8. The lowest BCUT2D eigenvalue weighted by Gasteiger charge is -2.34. The number of carbonyl (C=O) groups is 2. The van der Waals surface area contributed by atoms with Crippen molar-refractivity contribution in [2.24, 2.45) is 0 Å². The lowest BCUT2D eigenvalue weighted by atomic mass is 10.2. The molecule has 6 heteroatoms. The summed E-state index contributed by atoms with van der Waals surface area (Å²) in [6, 6.07) is 0. The Labute approximate surface area is 115 Å². The third kappa shape index (κ3) is 3.83. The number of esters is 1. The molecule has 1 rings (SSSR count). The van der Waals surface area contributed by atoms with Crippen LogP contribution in [0.4, 0.5) is 0 Å². The minimum absolute atomic E-state index is 0.0858. The van der Waals surface area contributed by atoms with Gasteiger partial charge in [-0.2, -0.15) is 0 Å². The van der Waals surface area contributed by atoms with Gasteiger partial charge in [0.15, 0.2) is 0 Å². The van der Waals surface area contributed by atoms with Crippen LogP contribution in [0.1, 0.15) is 34.6 Å². The maximum Gasteiger partial charge on any atom is 0.377 e. The molecular formula is C13H22O5Si. The van der Waals surface area contributed by atoms with Gasteiger partial charge in [-0.25, -0.2) is 9.59 Å². The Hall–Kier alpha value is -1.30. The molecule has 0 radical (unpaired) electrons. The Morgan fingerprint density at radius 2 is 1.79 bits per heavy atom. The predicted octanol–water partition coefficient (Wildman–Crippen LogP) is 2.73. The van der Waals surface area contributed by atoms with Crippen molar-refractivity contribution in [3.8, 4) is 0 Å². The molecule has 0 saturated carbocycles. The molecule has 5 nitrogen and oxygen atoms in total. The molecule has 1 fully saturated rings. The number of carbonyl (C=O) groups excluding carboxylic acids is 2.